The van der Waals surface area contributed by atoms with Crippen LogP contribution in [0.5, 0.6) is 0 Å². The zero-order valence-corrected chi connectivity index (χ0v) is 24.0. The van der Waals surface area contributed by atoms with Crippen molar-refractivity contribution in [3.8, 4) is 44.5 Å². The second-order valence-corrected chi connectivity index (χ2v) is 12.0. The Morgan fingerprint density at radius 2 is 0.773 bits per heavy atom. The van der Waals surface area contributed by atoms with Crippen LogP contribution in [0.25, 0.3) is 98.4 Å². The quantitative estimate of drug-likeness (QED) is 0.186. The van der Waals surface area contributed by atoms with Crippen LogP contribution in [0.2, 0.25) is 0 Å². The third-order valence-electron chi connectivity index (χ3n) is 9.74. The molecule has 1 aliphatic carbocycles. The molecule has 202 valence electrons. The maximum absolute atomic E-state index is 2.44. The van der Waals surface area contributed by atoms with Gasteiger partial charge in [0.25, 0.3) is 0 Å². The van der Waals surface area contributed by atoms with Crippen LogP contribution < -0.4 is 0 Å². The lowest BCUT2D eigenvalue weighted by molar-refractivity contribution is 1.63. The molecular formula is C44H26. The number of fused-ring (bicyclic) bond motifs is 11. The van der Waals surface area contributed by atoms with Gasteiger partial charge in [0.1, 0.15) is 0 Å². The van der Waals surface area contributed by atoms with E-state index in [2.05, 4.69) is 158 Å². The number of hydrogen-bond donors (Lipinski definition) is 0. The van der Waals surface area contributed by atoms with Crippen molar-refractivity contribution in [2.75, 3.05) is 0 Å². The van der Waals surface area contributed by atoms with E-state index in [1.54, 1.807) is 0 Å². The molecule has 44 heavy (non-hydrogen) atoms. The summed E-state index contributed by atoms with van der Waals surface area (Å²) in [6.07, 6.45) is 0. The van der Waals surface area contributed by atoms with Gasteiger partial charge in [0, 0.05) is 0 Å². The molecule has 9 aromatic carbocycles. The van der Waals surface area contributed by atoms with Gasteiger partial charge in [-0.2, -0.15) is 0 Å². The molecule has 0 N–H and O–H groups in total. The molecule has 0 radical (unpaired) electrons. The smallest absolute Gasteiger partial charge is 0.00199 e. The summed E-state index contributed by atoms with van der Waals surface area (Å²) in [6.45, 7) is 0. The van der Waals surface area contributed by atoms with Crippen molar-refractivity contribution in [1.82, 2.24) is 0 Å². The molecule has 0 saturated heterocycles. The van der Waals surface area contributed by atoms with Crippen LogP contribution in [0, 0.1) is 0 Å². The van der Waals surface area contributed by atoms with Gasteiger partial charge in [-0.3, -0.25) is 0 Å². The zero-order chi connectivity index (χ0) is 28.8. The van der Waals surface area contributed by atoms with E-state index in [1.165, 1.54) is 98.4 Å². The summed E-state index contributed by atoms with van der Waals surface area (Å²) >= 11 is 0. The van der Waals surface area contributed by atoms with Crippen molar-refractivity contribution in [3.63, 3.8) is 0 Å². The van der Waals surface area contributed by atoms with Crippen LogP contribution in [0.3, 0.4) is 0 Å². The van der Waals surface area contributed by atoms with Gasteiger partial charge in [0.2, 0.25) is 0 Å². The largest absolute Gasteiger partial charge is 0.0616 e. The third-order valence-corrected chi connectivity index (χ3v) is 9.74. The predicted octanol–water partition coefficient (Wildman–Crippen LogP) is 12.4. The predicted molar refractivity (Wildman–Crippen MR) is 189 cm³/mol. The highest BCUT2D eigenvalue weighted by molar-refractivity contribution is 6.33. The molecule has 0 heteroatoms. The lowest BCUT2D eigenvalue weighted by Crippen LogP contribution is -1.89. The Morgan fingerprint density at radius 3 is 1.55 bits per heavy atom. The second kappa shape index (κ2) is 8.89. The van der Waals surface area contributed by atoms with Crippen molar-refractivity contribution in [1.29, 1.82) is 0 Å². The summed E-state index contributed by atoms with van der Waals surface area (Å²) < 4.78 is 0. The Labute approximate surface area is 255 Å². The zero-order valence-electron chi connectivity index (χ0n) is 24.0. The summed E-state index contributed by atoms with van der Waals surface area (Å²) in [5.41, 5.74) is 10.3. The maximum atomic E-state index is 2.44. The maximum Gasteiger partial charge on any atom is -0.00199 e. The summed E-state index contributed by atoms with van der Waals surface area (Å²) in [5, 5.41) is 13.1. The van der Waals surface area contributed by atoms with Crippen LogP contribution in [0.4, 0.5) is 0 Å². The fourth-order valence-corrected chi connectivity index (χ4v) is 7.86. The van der Waals surface area contributed by atoms with Gasteiger partial charge >= 0.3 is 0 Å². The fourth-order valence-electron chi connectivity index (χ4n) is 7.86. The Bertz CT molecular complexity index is 2650. The molecule has 0 spiro atoms. The van der Waals surface area contributed by atoms with Crippen molar-refractivity contribution >= 4 is 53.9 Å². The summed E-state index contributed by atoms with van der Waals surface area (Å²) in [6, 6.07) is 58.5. The molecule has 9 aromatic rings. The number of rotatable bonds is 2. The van der Waals surface area contributed by atoms with E-state index in [0.29, 0.717) is 0 Å². The Balaban J connectivity index is 1.24. The van der Waals surface area contributed by atoms with Crippen molar-refractivity contribution in [2.24, 2.45) is 0 Å². The third kappa shape index (κ3) is 3.23. The molecule has 0 fully saturated rings. The monoisotopic (exact) mass is 554 g/mol. The second-order valence-electron chi connectivity index (χ2n) is 12.0. The van der Waals surface area contributed by atoms with Crippen LogP contribution in [-0.4, -0.2) is 0 Å². The van der Waals surface area contributed by atoms with E-state index in [0.717, 1.165) is 0 Å². The van der Waals surface area contributed by atoms with Crippen molar-refractivity contribution in [3.05, 3.63) is 158 Å². The Kier molecular flexibility index (Phi) is 4.81. The highest BCUT2D eigenvalue weighted by atomic mass is 14.2. The van der Waals surface area contributed by atoms with Crippen LogP contribution in [-0.2, 0) is 0 Å². The summed E-state index contributed by atoms with van der Waals surface area (Å²) in [4.78, 5) is 0. The minimum absolute atomic E-state index is 1.24. The molecular weight excluding hydrogens is 528 g/mol. The first kappa shape index (κ1) is 23.8. The molecule has 0 atom stereocenters. The first-order chi connectivity index (χ1) is 21.8. The topological polar surface area (TPSA) is 0 Å². The van der Waals surface area contributed by atoms with Crippen LogP contribution in [0.15, 0.2) is 158 Å². The number of benzene rings is 9. The first-order valence-electron chi connectivity index (χ1n) is 15.4. The standard InChI is InChI=1S/C44H26/c1-3-17-34-31(14-1)32-15-5-7-20-38(32)44-39-21-8-6-19-36(39)40(26-42(34)44)28-12-9-11-27(23-28)30-24-29-13-10-22-37-33-16-2-4-18-35(33)41(25-30)43(29)37/h1-26H. The molecule has 0 unspecified atom stereocenters. The van der Waals surface area contributed by atoms with E-state index in [1.807, 2.05) is 0 Å². The highest BCUT2D eigenvalue weighted by Crippen LogP contribution is 2.49. The van der Waals surface area contributed by atoms with Crippen molar-refractivity contribution < 1.29 is 0 Å². The van der Waals surface area contributed by atoms with Gasteiger partial charge in [-0.05, 0) is 123 Å². The summed E-state index contributed by atoms with van der Waals surface area (Å²) in [5.74, 6) is 0. The average molecular weight is 555 g/mol. The summed E-state index contributed by atoms with van der Waals surface area (Å²) in [7, 11) is 0. The van der Waals surface area contributed by atoms with E-state index in [4.69, 9.17) is 0 Å². The van der Waals surface area contributed by atoms with Crippen molar-refractivity contribution in [2.45, 2.75) is 0 Å². The minimum Gasteiger partial charge on any atom is -0.0616 e. The molecule has 0 aliphatic heterocycles. The van der Waals surface area contributed by atoms with Gasteiger partial charge in [-0.25, -0.2) is 0 Å². The van der Waals surface area contributed by atoms with Crippen LogP contribution in [0.1, 0.15) is 0 Å². The Hall–Kier alpha value is -5.72. The molecule has 10 rings (SSSR count). The minimum atomic E-state index is 1.24. The van der Waals surface area contributed by atoms with Gasteiger partial charge in [-0.15, -0.1) is 0 Å². The molecule has 0 bridgehead atoms. The molecule has 0 amide bonds. The first-order valence-corrected chi connectivity index (χ1v) is 15.4. The SMILES string of the molecule is c1cc(-c2cc3c4c(cccc4c2)-c2ccccc2-3)cc(-c2cc3c4ccccc4c4ccccc4c3c3ccccc23)c1. The molecule has 0 nitrogen and oxygen atoms in total. The molecule has 1 aliphatic rings. The lowest BCUT2D eigenvalue weighted by atomic mass is 9.87. The van der Waals surface area contributed by atoms with Gasteiger partial charge in [-0.1, -0.05) is 133 Å². The highest BCUT2D eigenvalue weighted by Gasteiger charge is 2.22. The average Bonchev–Trinajstić information content (AvgIpc) is 3.42. The molecule has 0 saturated carbocycles. The van der Waals surface area contributed by atoms with E-state index >= 15 is 0 Å². The normalized spacial score (nSPS) is 12.1. The van der Waals surface area contributed by atoms with Gasteiger partial charge < -0.3 is 0 Å². The van der Waals surface area contributed by atoms with Gasteiger partial charge in [0.15, 0.2) is 0 Å². The van der Waals surface area contributed by atoms with Gasteiger partial charge in [0.05, 0.1) is 0 Å². The van der Waals surface area contributed by atoms with E-state index < -0.39 is 0 Å². The van der Waals surface area contributed by atoms with Crippen LogP contribution >= 0.6 is 0 Å². The Morgan fingerprint density at radius 1 is 0.227 bits per heavy atom. The van der Waals surface area contributed by atoms with E-state index in [-0.39, 0.29) is 0 Å². The fraction of sp³-hybridized carbons (Fsp3) is 0. The van der Waals surface area contributed by atoms with E-state index in [9.17, 15) is 0 Å². The molecule has 0 heterocycles. The number of hydrogen-bond acceptors (Lipinski definition) is 0. The lowest BCUT2D eigenvalue weighted by Gasteiger charge is -2.16. The molecule has 0 aromatic heterocycles.